The third kappa shape index (κ3) is 3.74. The number of carbonyl (C=O) groups excluding carboxylic acids is 1. The van der Waals surface area contributed by atoms with Crippen molar-refractivity contribution < 1.29 is 18.3 Å². The highest BCUT2D eigenvalue weighted by Gasteiger charge is 2.19. The van der Waals surface area contributed by atoms with Crippen LogP contribution in [-0.4, -0.2) is 5.91 Å². The summed E-state index contributed by atoms with van der Waals surface area (Å²) in [4.78, 5) is 12.8. The molecule has 1 N–H and O–H groups in total. The topological polar surface area (TPSA) is 51.5 Å². The van der Waals surface area contributed by atoms with Crippen molar-refractivity contribution >= 4 is 22.6 Å². The van der Waals surface area contributed by atoms with Gasteiger partial charge in [0.05, 0.1) is 5.56 Å². The van der Waals surface area contributed by atoms with Gasteiger partial charge < -0.3 is 14.5 Å². The molecule has 0 saturated heterocycles. The van der Waals surface area contributed by atoms with E-state index in [0.29, 0.717) is 40.3 Å². The fourth-order valence-electron chi connectivity index (χ4n) is 3.04. The van der Waals surface area contributed by atoms with Gasteiger partial charge in [-0.05, 0) is 55.0 Å². The van der Waals surface area contributed by atoms with Gasteiger partial charge in [0.15, 0.2) is 0 Å². The molecule has 4 nitrogen and oxygen atoms in total. The fourth-order valence-corrected chi connectivity index (χ4v) is 3.04. The zero-order valence-electron chi connectivity index (χ0n) is 15.2. The number of nitrogens with one attached hydrogen (secondary N) is 1. The molecule has 3 aromatic carbocycles. The molecule has 4 rings (SSSR count). The predicted molar refractivity (Wildman–Crippen MR) is 106 cm³/mol. The number of ether oxygens (including phenoxy) is 1. The van der Waals surface area contributed by atoms with E-state index in [9.17, 15) is 9.18 Å². The molecule has 1 amide bonds. The third-order valence-electron chi connectivity index (χ3n) is 4.41. The first-order valence-electron chi connectivity index (χ1n) is 8.87. The lowest BCUT2D eigenvalue weighted by Crippen LogP contribution is -2.12. The molecular formula is C23H18FNO3. The number of hydrogen-bond donors (Lipinski definition) is 1. The van der Waals surface area contributed by atoms with Crippen LogP contribution in [0.4, 0.5) is 10.1 Å². The van der Waals surface area contributed by atoms with Crippen LogP contribution in [0.15, 0.2) is 77.2 Å². The monoisotopic (exact) mass is 375 g/mol. The van der Waals surface area contributed by atoms with Crippen LogP contribution in [0.2, 0.25) is 0 Å². The zero-order chi connectivity index (χ0) is 19.5. The molecule has 1 aromatic heterocycles. The average Bonchev–Trinajstić information content (AvgIpc) is 3.04. The molecule has 0 aliphatic heterocycles. The number of benzene rings is 3. The summed E-state index contributed by atoms with van der Waals surface area (Å²) in [5.74, 6) is 0.481. The minimum Gasteiger partial charge on any atom is -0.489 e. The van der Waals surface area contributed by atoms with Gasteiger partial charge in [0.2, 0.25) is 0 Å². The van der Waals surface area contributed by atoms with Crippen molar-refractivity contribution in [2.24, 2.45) is 0 Å². The van der Waals surface area contributed by atoms with E-state index in [0.717, 1.165) is 5.56 Å². The summed E-state index contributed by atoms with van der Waals surface area (Å²) in [6.07, 6.45) is 0. The Morgan fingerprint density at radius 1 is 1.04 bits per heavy atom. The van der Waals surface area contributed by atoms with Crippen LogP contribution < -0.4 is 10.1 Å². The minimum atomic E-state index is -0.358. The van der Waals surface area contributed by atoms with Gasteiger partial charge in [0.1, 0.15) is 29.5 Å². The lowest BCUT2D eigenvalue weighted by Gasteiger charge is -2.07. The largest absolute Gasteiger partial charge is 0.489 e. The molecule has 140 valence electrons. The third-order valence-corrected chi connectivity index (χ3v) is 4.41. The Morgan fingerprint density at radius 2 is 1.79 bits per heavy atom. The van der Waals surface area contributed by atoms with Gasteiger partial charge >= 0.3 is 0 Å². The number of fused-ring (bicyclic) bond motifs is 1. The van der Waals surface area contributed by atoms with Gasteiger partial charge in [0.25, 0.3) is 5.91 Å². The molecule has 0 atom stereocenters. The SMILES string of the molecule is Cc1oc2ccc(OCc3ccccc3)cc2c1C(=O)Nc1ccc(F)cc1. The van der Waals surface area contributed by atoms with Crippen LogP contribution in [0.3, 0.4) is 0 Å². The molecule has 4 aromatic rings. The maximum atomic E-state index is 13.1. The number of carbonyl (C=O) groups is 1. The first-order valence-corrected chi connectivity index (χ1v) is 8.87. The Kier molecular flexibility index (Phi) is 4.81. The lowest BCUT2D eigenvalue weighted by atomic mass is 10.1. The number of aryl methyl sites for hydroxylation is 1. The highest BCUT2D eigenvalue weighted by atomic mass is 19.1. The van der Waals surface area contributed by atoms with Crippen molar-refractivity contribution in [3.63, 3.8) is 0 Å². The van der Waals surface area contributed by atoms with Gasteiger partial charge in [-0.3, -0.25) is 4.79 Å². The first kappa shape index (κ1) is 17.8. The summed E-state index contributed by atoms with van der Waals surface area (Å²) in [6, 6.07) is 20.9. The summed E-state index contributed by atoms with van der Waals surface area (Å²) >= 11 is 0. The number of furan rings is 1. The zero-order valence-corrected chi connectivity index (χ0v) is 15.2. The molecule has 5 heteroatoms. The molecule has 0 aliphatic carbocycles. The molecule has 0 bridgehead atoms. The maximum Gasteiger partial charge on any atom is 0.259 e. The molecule has 0 saturated carbocycles. The maximum absolute atomic E-state index is 13.1. The van der Waals surface area contributed by atoms with Crippen LogP contribution >= 0.6 is 0 Å². The Morgan fingerprint density at radius 3 is 2.54 bits per heavy atom. The van der Waals surface area contributed by atoms with E-state index in [2.05, 4.69) is 5.32 Å². The number of hydrogen-bond acceptors (Lipinski definition) is 3. The quantitative estimate of drug-likeness (QED) is 0.486. The van der Waals surface area contributed by atoms with Gasteiger partial charge in [-0.25, -0.2) is 4.39 Å². The summed E-state index contributed by atoms with van der Waals surface area (Å²) in [6.45, 7) is 2.17. The second-order valence-electron chi connectivity index (χ2n) is 6.43. The number of rotatable bonds is 5. The molecule has 0 aliphatic rings. The van der Waals surface area contributed by atoms with Crippen molar-refractivity contribution in [1.29, 1.82) is 0 Å². The van der Waals surface area contributed by atoms with Crippen LogP contribution in [0.5, 0.6) is 5.75 Å². The van der Waals surface area contributed by atoms with E-state index >= 15 is 0 Å². The predicted octanol–water partition coefficient (Wildman–Crippen LogP) is 5.71. The minimum absolute atomic E-state index is 0.317. The van der Waals surface area contributed by atoms with E-state index in [1.54, 1.807) is 19.1 Å². The van der Waals surface area contributed by atoms with Crippen molar-refractivity contribution in [3.05, 3.63) is 95.5 Å². The Hall–Kier alpha value is -3.60. The number of halogens is 1. The van der Waals surface area contributed by atoms with Crippen molar-refractivity contribution in [2.75, 3.05) is 5.32 Å². The lowest BCUT2D eigenvalue weighted by molar-refractivity contribution is 0.102. The van der Waals surface area contributed by atoms with Gasteiger partial charge in [-0.2, -0.15) is 0 Å². The molecule has 28 heavy (non-hydrogen) atoms. The van der Waals surface area contributed by atoms with Gasteiger partial charge in [0, 0.05) is 11.1 Å². The Labute approximate surface area is 161 Å². The Bertz CT molecular complexity index is 1120. The first-order chi connectivity index (χ1) is 13.6. The van der Waals surface area contributed by atoms with Crippen LogP contribution in [0.25, 0.3) is 11.0 Å². The second-order valence-corrected chi connectivity index (χ2v) is 6.43. The highest BCUT2D eigenvalue weighted by molar-refractivity contribution is 6.13. The standard InChI is InChI=1S/C23H18FNO3/c1-15-22(23(26)25-18-9-7-17(24)8-10-18)20-13-19(11-12-21(20)28-15)27-14-16-5-3-2-4-6-16/h2-13H,14H2,1H3,(H,25,26). The van der Waals surface area contributed by atoms with E-state index < -0.39 is 0 Å². The van der Waals surface area contributed by atoms with Crippen LogP contribution in [-0.2, 0) is 6.61 Å². The summed E-state index contributed by atoms with van der Waals surface area (Å²) in [5, 5.41) is 3.44. The van der Waals surface area contributed by atoms with Crippen LogP contribution in [0, 0.1) is 12.7 Å². The normalized spacial score (nSPS) is 10.8. The van der Waals surface area contributed by atoms with E-state index in [1.165, 1.54) is 24.3 Å². The molecule has 0 spiro atoms. The number of amides is 1. The van der Waals surface area contributed by atoms with Crippen molar-refractivity contribution in [3.8, 4) is 5.75 Å². The molecule has 0 unspecified atom stereocenters. The second kappa shape index (κ2) is 7.56. The average molecular weight is 375 g/mol. The smallest absolute Gasteiger partial charge is 0.259 e. The summed E-state index contributed by atoms with van der Waals surface area (Å²) in [7, 11) is 0. The van der Waals surface area contributed by atoms with Crippen molar-refractivity contribution in [1.82, 2.24) is 0 Å². The fraction of sp³-hybridized carbons (Fsp3) is 0.0870. The van der Waals surface area contributed by atoms with Gasteiger partial charge in [-0.15, -0.1) is 0 Å². The number of anilines is 1. The molecule has 1 heterocycles. The van der Waals surface area contributed by atoms with Crippen LogP contribution in [0.1, 0.15) is 21.7 Å². The van der Waals surface area contributed by atoms with Crippen molar-refractivity contribution in [2.45, 2.75) is 13.5 Å². The molecule has 0 radical (unpaired) electrons. The molecule has 0 fully saturated rings. The molecular weight excluding hydrogens is 357 g/mol. The van der Waals surface area contributed by atoms with Gasteiger partial charge in [-0.1, -0.05) is 30.3 Å². The van der Waals surface area contributed by atoms with E-state index in [4.69, 9.17) is 9.15 Å². The van der Waals surface area contributed by atoms with E-state index in [-0.39, 0.29) is 11.7 Å². The Balaban J connectivity index is 1.59. The summed E-state index contributed by atoms with van der Waals surface area (Å²) in [5.41, 5.74) is 2.61. The summed E-state index contributed by atoms with van der Waals surface area (Å²) < 4.78 is 24.6. The highest BCUT2D eigenvalue weighted by Crippen LogP contribution is 2.30. The van der Waals surface area contributed by atoms with E-state index in [1.807, 2.05) is 36.4 Å².